The monoisotopic (exact) mass is 396 g/mol. The van der Waals surface area contributed by atoms with E-state index < -0.39 is 0 Å². The summed E-state index contributed by atoms with van der Waals surface area (Å²) in [5.41, 5.74) is 1.32. The Labute approximate surface area is 164 Å². The summed E-state index contributed by atoms with van der Waals surface area (Å²) in [5.74, 6) is -0.340. The summed E-state index contributed by atoms with van der Waals surface area (Å²) in [6.45, 7) is 1.08. The van der Waals surface area contributed by atoms with Gasteiger partial charge in [0.25, 0.3) is 5.91 Å². The van der Waals surface area contributed by atoms with Gasteiger partial charge in [-0.3, -0.25) is 9.69 Å². The highest BCUT2D eigenvalue weighted by Crippen LogP contribution is 2.32. The smallest absolute Gasteiger partial charge is 0.295 e. The molecule has 1 atom stereocenters. The molecule has 28 heavy (non-hydrogen) atoms. The number of benzene rings is 2. The van der Waals surface area contributed by atoms with Crippen LogP contribution in [0, 0.1) is 5.82 Å². The van der Waals surface area contributed by atoms with E-state index in [0.29, 0.717) is 34.1 Å². The molecule has 2 aromatic carbocycles. The number of carbonyl (C=O) groups is 1. The van der Waals surface area contributed by atoms with Crippen LogP contribution in [-0.4, -0.2) is 30.1 Å². The van der Waals surface area contributed by atoms with Gasteiger partial charge in [-0.25, -0.2) is 9.37 Å². The standard InChI is InChI=1S/C21H17FN2O3S/c22-14-7-8-16-19(11-14)28-21(23-16)24(12-15-5-3-9-26-15)20(25)18-10-13-4-1-2-6-17(13)27-18/h1-2,4,6-8,10-11,15H,3,5,9,12H2. The molecular weight excluding hydrogens is 379 g/mol. The maximum atomic E-state index is 13.6. The zero-order valence-electron chi connectivity index (χ0n) is 14.9. The van der Waals surface area contributed by atoms with Crippen LogP contribution < -0.4 is 4.90 Å². The Bertz CT molecular complexity index is 1130. The van der Waals surface area contributed by atoms with Gasteiger partial charge >= 0.3 is 0 Å². The molecule has 2 aromatic heterocycles. The molecule has 0 radical (unpaired) electrons. The molecule has 4 aromatic rings. The van der Waals surface area contributed by atoms with Gasteiger partial charge in [0.05, 0.1) is 22.9 Å². The first-order valence-corrected chi connectivity index (χ1v) is 9.97. The minimum atomic E-state index is -0.322. The van der Waals surface area contributed by atoms with Crippen molar-refractivity contribution in [3.05, 3.63) is 60.1 Å². The number of hydrogen-bond acceptors (Lipinski definition) is 5. The van der Waals surface area contributed by atoms with E-state index in [1.165, 1.54) is 23.5 Å². The van der Waals surface area contributed by atoms with Gasteiger partial charge in [0.2, 0.25) is 0 Å². The maximum absolute atomic E-state index is 13.6. The highest BCUT2D eigenvalue weighted by molar-refractivity contribution is 7.22. The van der Waals surface area contributed by atoms with Crippen molar-refractivity contribution in [3.63, 3.8) is 0 Å². The Hall–Kier alpha value is -2.77. The van der Waals surface area contributed by atoms with Gasteiger partial charge in [-0.2, -0.15) is 0 Å². The van der Waals surface area contributed by atoms with Gasteiger partial charge in [0.1, 0.15) is 11.4 Å². The predicted molar refractivity (Wildman–Crippen MR) is 106 cm³/mol. The first-order chi connectivity index (χ1) is 13.7. The number of thiazole rings is 1. The molecule has 1 aliphatic heterocycles. The Balaban J connectivity index is 1.55. The van der Waals surface area contributed by atoms with Crippen molar-refractivity contribution in [2.75, 3.05) is 18.1 Å². The zero-order valence-corrected chi connectivity index (χ0v) is 15.7. The molecule has 0 bridgehead atoms. The highest BCUT2D eigenvalue weighted by atomic mass is 32.1. The van der Waals surface area contributed by atoms with Crippen molar-refractivity contribution in [2.45, 2.75) is 18.9 Å². The summed E-state index contributed by atoms with van der Waals surface area (Å²) in [6.07, 6.45) is 1.82. The molecule has 1 unspecified atom stereocenters. The zero-order chi connectivity index (χ0) is 19.1. The topological polar surface area (TPSA) is 55.6 Å². The van der Waals surface area contributed by atoms with Crippen molar-refractivity contribution in [1.29, 1.82) is 0 Å². The van der Waals surface area contributed by atoms with Crippen LogP contribution in [0.25, 0.3) is 21.2 Å². The number of rotatable bonds is 4. The Morgan fingerprint density at radius 1 is 1.25 bits per heavy atom. The number of ether oxygens (including phenoxy) is 1. The molecule has 0 saturated carbocycles. The SMILES string of the molecule is O=C(c1cc2ccccc2o1)N(CC1CCCO1)c1nc2ccc(F)cc2s1. The predicted octanol–water partition coefficient (Wildman–Crippen LogP) is 5.01. The number of para-hydroxylation sites is 1. The number of halogens is 1. The van der Waals surface area contributed by atoms with Crippen molar-refractivity contribution in [1.82, 2.24) is 4.98 Å². The second-order valence-electron chi connectivity index (χ2n) is 6.81. The average molecular weight is 396 g/mol. The number of nitrogens with zero attached hydrogens (tertiary/aromatic N) is 2. The van der Waals surface area contributed by atoms with Crippen LogP contribution in [0.3, 0.4) is 0 Å². The van der Waals surface area contributed by atoms with Crippen molar-refractivity contribution < 1.29 is 18.3 Å². The Morgan fingerprint density at radius 3 is 2.96 bits per heavy atom. The first kappa shape index (κ1) is 17.3. The van der Waals surface area contributed by atoms with E-state index >= 15 is 0 Å². The third-order valence-electron chi connectivity index (χ3n) is 4.86. The van der Waals surface area contributed by atoms with Crippen molar-refractivity contribution in [3.8, 4) is 0 Å². The van der Waals surface area contributed by atoms with Crippen LogP contribution in [0.15, 0.2) is 52.9 Å². The molecule has 5 nitrogen and oxygen atoms in total. The van der Waals surface area contributed by atoms with Crippen LogP contribution in [-0.2, 0) is 4.74 Å². The Morgan fingerprint density at radius 2 is 2.14 bits per heavy atom. The summed E-state index contributed by atoms with van der Waals surface area (Å²) in [4.78, 5) is 19.5. The van der Waals surface area contributed by atoms with E-state index in [0.717, 1.165) is 18.2 Å². The second kappa shape index (κ2) is 7.00. The molecule has 1 aliphatic rings. The lowest BCUT2D eigenvalue weighted by atomic mass is 10.2. The van der Waals surface area contributed by atoms with Gasteiger partial charge < -0.3 is 9.15 Å². The average Bonchev–Trinajstić information content (AvgIpc) is 3.43. The Kier molecular flexibility index (Phi) is 4.33. The van der Waals surface area contributed by atoms with E-state index in [1.54, 1.807) is 17.0 Å². The minimum absolute atomic E-state index is 0.0444. The van der Waals surface area contributed by atoms with Crippen LogP contribution >= 0.6 is 11.3 Å². The molecule has 5 rings (SSSR count). The van der Waals surface area contributed by atoms with E-state index in [9.17, 15) is 9.18 Å². The fraction of sp³-hybridized carbons (Fsp3) is 0.238. The fourth-order valence-corrected chi connectivity index (χ4v) is 4.46. The number of anilines is 1. The number of carbonyl (C=O) groups excluding carboxylic acids is 1. The van der Waals surface area contributed by atoms with E-state index in [2.05, 4.69) is 4.98 Å². The van der Waals surface area contributed by atoms with Gasteiger partial charge in [0.15, 0.2) is 10.9 Å². The number of aromatic nitrogens is 1. The number of fused-ring (bicyclic) bond motifs is 2. The summed E-state index contributed by atoms with van der Waals surface area (Å²) in [7, 11) is 0. The highest BCUT2D eigenvalue weighted by Gasteiger charge is 2.29. The maximum Gasteiger partial charge on any atom is 0.295 e. The summed E-state index contributed by atoms with van der Waals surface area (Å²) in [5, 5.41) is 1.39. The molecule has 7 heteroatoms. The second-order valence-corrected chi connectivity index (χ2v) is 7.82. The third-order valence-corrected chi connectivity index (χ3v) is 5.90. The van der Waals surface area contributed by atoms with Gasteiger partial charge in [-0.1, -0.05) is 29.5 Å². The number of hydrogen-bond donors (Lipinski definition) is 0. The van der Waals surface area contributed by atoms with E-state index in [1.807, 2.05) is 24.3 Å². The minimum Gasteiger partial charge on any atom is -0.451 e. The molecule has 142 valence electrons. The molecule has 0 aliphatic carbocycles. The summed E-state index contributed by atoms with van der Waals surface area (Å²) in [6, 6.07) is 13.7. The number of furan rings is 1. The third kappa shape index (κ3) is 3.16. The van der Waals surface area contributed by atoms with Crippen LogP contribution in [0.1, 0.15) is 23.4 Å². The lowest BCUT2D eigenvalue weighted by Gasteiger charge is -2.22. The molecule has 0 spiro atoms. The normalized spacial score (nSPS) is 16.8. The van der Waals surface area contributed by atoms with Crippen LogP contribution in [0.5, 0.6) is 0 Å². The molecular formula is C21H17FN2O3S. The molecule has 1 fully saturated rings. The summed E-state index contributed by atoms with van der Waals surface area (Å²) < 4.78 is 25.8. The van der Waals surface area contributed by atoms with Crippen LogP contribution in [0.2, 0.25) is 0 Å². The lowest BCUT2D eigenvalue weighted by Crippen LogP contribution is -2.37. The van der Waals surface area contributed by atoms with Gasteiger partial charge in [-0.15, -0.1) is 0 Å². The van der Waals surface area contributed by atoms with E-state index in [4.69, 9.17) is 9.15 Å². The largest absolute Gasteiger partial charge is 0.451 e. The molecule has 1 amide bonds. The van der Waals surface area contributed by atoms with Gasteiger partial charge in [0, 0.05) is 12.0 Å². The first-order valence-electron chi connectivity index (χ1n) is 9.15. The molecule has 3 heterocycles. The molecule has 1 saturated heterocycles. The van der Waals surface area contributed by atoms with E-state index in [-0.39, 0.29) is 23.6 Å². The number of amides is 1. The van der Waals surface area contributed by atoms with Gasteiger partial charge in [-0.05, 0) is 43.2 Å². The lowest BCUT2D eigenvalue weighted by molar-refractivity contribution is 0.0896. The summed E-state index contributed by atoms with van der Waals surface area (Å²) >= 11 is 1.29. The fourth-order valence-electron chi connectivity index (χ4n) is 3.46. The van der Waals surface area contributed by atoms with Crippen molar-refractivity contribution >= 4 is 43.6 Å². The quantitative estimate of drug-likeness (QED) is 0.487. The molecule has 0 N–H and O–H groups in total. The van der Waals surface area contributed by atoms with Crippen molar-refractivity contribution in [2.24, 2.45) is 0 Å². The van der Waals surface area contributed by atoms with Crippen LogP contribution in [0.4, 0.5) is 9.52 Å².